The van der Waals surface area contributed by atoms with Crippen molar-refractivity contribution in [3.05, 3.63) is 82.0 Å². The maximum Gasteiger partial charge on any atom is 0.251 e. The maximum atomic E-state index is 12.5. The largest absolute Gasteiger partial charge is 0.378 e. The molecule has 29 heavy (non-hydrogen) atoms. The Morgan fingerprint density at radius 2 is 1.76 bits per heavy atom. The molecule has 2 N–H and O–H groups in total. The van der Waals surface area contributed by atoms with Crippen molar-refractivity contribution in [2.24, 2.45) is 0 Å². The Morgan fingerprint density at radius 1 is 1.00 bits per heavy atom. The average molecular weight is 430 g/mol. The van der Waals surface area contributed by atoms with Crippen LogP contribution in [-0.4, -0.2) is 28.4 Å². The molecule has 0 spiro atoms. The molecule has 3 aromatic rings. The molecule has 1 heterocycles. The molecule has 0 saturated heterocycles. The molecule has 0 saturated carbocycles. The molecular weight excluding hydrogens is 406 g/mol. The zero-order valence-electron chi connectivity index (χ0n) is 16.3. The number of thiophene rings is 1. The fourth-order valence-corrected chi connectivity index (χ4v) is 4.45. The van der Waals surface area contributed by atoms with Crippen LogP contribution in [0.2, 0.25) is 0 Å². The van der Waals surface area contributed by atoms with Gasteiger partial charge in [-0.3, -0.25) is 4.79 Å². The summed E-state index contributed by atoms with van der Waals surface area (Å²) < 4.78 is 27.6. The number of sulfonamides is 1. The lowest BCUT2D eigenvalue weighted by molar-refractivity contribution is 0.0950. The second-order valence-corrected chi connectivity index (χ2v) is 9.47. The molecule has 1 amide bonds. The van der Waals surface area contributed by atoms with E-state index >= 15 is 0 Å². The molecule has 152 valence electrons. The highest BCUT2D eigenvalue weighted by atomic mass is 32.2. The molecule has 0 aliphatic carbocycles. The van der Waals surface area contributed by atoms with Crippen molar-refractivity contribution < 1.29 is 13.2 Å². The first-order valence-electron chi connectivity index (χ1n) is 9.02. The van der Waals surface area contributed by atoms with E-state index < -0.39 is 10.0 Å². The first-order chi connectivity index (χ1) is 13.8. The van der Waals surface area contributed by atoms with Crippen LogP contribution in [-0.2, 0) is 23.1 Å². The highest BCUT2D eigenvalue weighted by molar-refractivity contribution is 7.89. The van der Waals surface area contributed by atoms with E-state index in [4.69, 9.17) is 0 Å². The van der Waals surface area contributed by atoms with Crippen LogP contribution >= 0.6 is 11.3 Å². The van der Waals surface area contributed by atoms with Gasteiger partial charge >= 0.3 is 0 Å². The van der Waals surface area contributed by atoms with Gasteiger partial charge in [0.15, 0.2) is 0 Å². The van der Waals surface area contributed by atoms with E-state index in [0.29, 0.717) is 12.1 Å². The SMILES string of the molecule is CN(C)c1ccc(CNC(=O)c2cccc(S(=O)(=O)NCc3cccs3)c2)cc1. The molecule has 2 aromatic carbocycles. The summed E-state index contributed by atoms with van der Waals surface area (Å²) in [5.74, 6) is -0.322. The Morgan fingerprint density at radius 3 is 2.41 bits per heavy atom. The molecule has 0 unspecified atom stereocenters. The van der Waals surface area contributed by atoms with Gasteiger partial charge in [0.2, 0.25) is 10.0 Å². The first-order valence-corrected chi connectivity index (χ1v) is 11.4. The van der Waals surface area contributed by atoms with Crippen molar-refractivity contribution in [2.45, 2.75) is 18.0 Å². The number of nitrogens with zero attached hydrogens (tertiary/aromatic N) is 1. The van der Waals surface area contributed by atoms with Gasteiger partial charge in [-0.25, -0.2) is 13.1 Å². The lowest BCUT2D eigenvalue weighted by atomic mass is 10.1. The topological polar surface area (TPSA) is 78.5 Å². The summed E-state index contributed by atoms with van der Waals surface area (Å²) in [7, 11) is 0.230. The highest BCUT2D eigenvalue weighted by Gasteiger charge is 2.16. The number of nitrogens with one attached hydrogen (secondary N) is 2. The van der Waals surface area contributed by atoms with E-state index in [1.54, 1.807) is 12.1 Å². The summed E-state index contributed by atoms with van der Waals surface area (Å²) in [4.78, 5) is 15.5. The molecular formula is C21H23N3O3S2. The zero-order chi connectivity index (χ0) is 20.9. The van der Waals surface area contributed by atoms with Gasteiger partial charge in [0.25, 0.3) is 5.91 Å². The zero-order valence-corrected chi connectivity index (χ0v) is 17.9. The van der Waals surface area contributed by atoms with Crippen LogP contribution < -0.4 is 14.9 Å². The quantitative estimate of drug-likeness (QED) is 0.576. The third kappa shape index (κ3) is 5.66. The van der Waals surface area contributed by atoms with E-state index in [9.17, 15) is 13.2 Å². The Balaban J connectivity index is 1.64. The lowest BCUT2D eigenvalue weighted by Gasteiger charge is -2.13. The number of rotatable bonds is 8. The van der Waals surface area contributed by atoms with Crippen LogP contribution in [0.25, 0.3) is 0 Å². The van der Waals surface area contributed by atoms with Crippen LogP contribution in [0.1, 0.15) is 20.8 Å². The van der Waals surface area contributed by atoms with Crippen LogP contribution in [0, 0.1) is 0 Å². The lowest BCUT2D eigenvalue weighted by Crippen LogP contribution is -2.25. The van der Waals surface area contributed by atoms with Gasteiger partial charge in [-0.05, 0) is 47.3 Å². The smallest absolute Gasteiger partial charge is 0.251 e. The third-order valence-corrected chi connectivity index (χ3v) is 6.60. The van der Waals surface area contributed by atoms with Crippen molar-refractivity contribution in [1.29, 1.82) is 0 Å². The average Bonchev–Trinajstić information content (AvgIpc) is 3.25. The number of carbonyl (C=O) groups is 1. The van der Waals surface area contributed by atoms with Crippen LogP contribution in [0.4, 0.5) is 5.69 Å². The van der Waals surface area contributed by atoms with Crippen LogP contribution in [0.3, 0.4) is 0 Å². The second-order valence-electron chi connectivity index (χ2n) is 6.68. The van der Waals surface area contributed by atoms with E-state index in [1.807, 2.05) is 60.8 Å². The van der Waals surface area contributed by atoms with Crippen molar-refractivity contribution >= 4 is 33.0 Å². The Hall–Kier alpha value is -2.68. The molecule has 3 rings (SSSR count). The molecule has 0 aliphatic rings. The first kappa shape index (κ1) is 21.0. The number of benzene rings is 2. The number of hydrogen-bond donors (Lipinski definition) is 2. The number of anilines is 1. The second kappa shape index (κ2) is 9.21. The van der Waals surface area contributed by atoms with Crippen molar-refractivity contribution in [1.82, 2.24) is 10.0 Å². The molecule has 0 radical (unpaired) electrons. The molecule has 0 fully saturated rings. The standard InChI is InChI=1S/C21H23N3O3S2/c1-24(2)18-10-8-16(9-11-18)14-22-21(25)17-5-3-7-20(13-17)29(26,27)23-15-19-6-4-12-28-19/h3-13,23H,14-15H2,1-2H3,(H,22,25). The normalized spacial score (nSPS) is 11.2. The van der Waals surface area contributed by atoms with Gasteiger partial charge in [-0.15, -0.1) is 11.3 Å². The van der Waals surface area contributed by atoms with Gasteiger partial charge in [-0.1, -0.05) is 24.3 Å². The summed E-state index contributed by atoms with van der Waals surface area (Å²) in [5.41, 5.74) is 2.34. The summed E-state index contributed by atoms with van der Waals surface area (Å²) in [5, 5.41) is 4.72. The van der Waals surface area contributed by atoms with E-state index in [1.165, 1.54) is 23.5 Å². The van der Waals surface area contributed by atoms with Crippen LogP contribution in [0.15, 0.2) is 70.9 Å². The minimum Gasteiger partial charge on any atom is -0.378 e. The summed E-state index contributed by atoms with van der Waals surface area (Å²) >= 11 is 1.48. The fourth-order valence-electron chi connectivity index (χ4n) is 2.66. The fraction of sp³-hybridized carbons (Fsp3) is 0.190. The number of hydrogen-bond acceptors (Lipinski definition) is 5. The molecule has 0 atom stereocenters. The summed E-state index contributed by atoms with van der Waals surface area (Å²) in [6.07, 6.45) is 0. The minimum absolute atomic E-state index is 0.0667. The Bertz CT molecular complexity index is 1060. The van der Waals surface area contributed by atoms with Crippen molar-refractivity contribution in [2.75, 3.05) is 19.0 Å². The predicted octanol–water partition coefficient (Wildman–Crippen LogP) is 3.22. The molecule has 0 bridgehead atoms. The van der Waals surface area contributed by atoms with Gasteiger partial charge in [0.1, 0.15) is 0 Å². The third-order valence-electron chi connectivity index (χ3n) is 4.33. The number of amides is 1. The van der Waals surface area contributed by atoms with Gasteiger partial charge in [0.05, 0.1) is 4.90 Å². The van der Waals surface area contributed by atoms with Gasteiger partial charge in [-0.2, -0.15) is 0 Å². The molecule has 0 aliphatic heterocycles. The Labute approximate surface area is 175 Å². The molecule has 6 nitrogen and oxygen atoms in total. The number of carbonyl (C=O) groups excluding carboxylic acids is 1. The van der Waals surface area contributed by atoms with Gasteiger partial charge in [0, 0.05) is 43.3 Å². The Kier molecular flexibility index (Phi) is 6.68. The van der Waals surface area contributed by atoms with Crippen LogP contribution in [0.5, 0.6) is 0 Å². The van der Waals surface area contributed by atoms with Crippen molar-refractivity contribution in [3.63, 3.8) is 0 Å². The van der Waals surface area contributed by atoms with Crippen molar-refractivity contribution in [3.8, 4) is 0 Å². The molecule has 8 heteroatoms. The highest BCUT2D eigenvalue weighted by Crippen LogP contribution is 2.15. The predicted molar refractivity (Wildman–Crippen MR) is 117 cm³/mol. The van der Waals surface area contributed by atoms with E-state index in [0.717, 1.165) is 16.1 Å². The minimum atomic E-state index is -3.70. The maximum absolute atomic E-state index is 12.5. The summed E-state index contributed by atoms with van der Waals surface area (Å²) in [6.45, 7) is 0.583. The van der Waals surface area contributed by atoms with E-state index in [-0.39, 0.29) is 17.3 Å². The van der Waals surface area contributed by atoms with E-state index in [2.05, 4.69) is 10.0 Å². The monoisotopic (exact) mass is 429 g/mol. The van der Waals surface area contributed by atoms with Gasteiger partial charge < -0.3 is 10.2 Å². The molecule has 1 aromatic heterocycles. The summed E-state index contributed by atoms with van der Waals surface area (Å²) in [6, 6.07) is 17.6.